The van der Waals surface area contributed by atoms with E-state index in [1.54, 1.807) is 0 Å². The molecule has 2 rings (SSSR count). The van der Waals surface area contributed by atoms with Gasteiger partial charge in [0.05, 0.1) is 5.56 Å². The highest BCUT2D eigenvalue weighted by molar-refractivity contribution is 5.75. The van der Waals surface area contributed by atoms with Crippen molar-refractivity contribution in [3.8, 4) is 11.1 Å². The second-order valence-electron chi connectivity index (χ2n) is 3.36. The van der Waals surface area contributed by atoms with E-state index in [0.29, 0.717) is 0 Å². The molecule has 0 bridgehead atoms. The lowest BCUT2D eigenvalue weighted by Gasteiger charge is -2.12. The molecular formula is C11H8F3N3. The van der Waals surface area contributed by atoms with Crippen molar-refractivity contribution in [2.75, 3.05) is 5.73 Å². The maximum absolute atomic E-state index is 12.8. The molecule has 17 heavy (non-hydrogen) atoms. The minimum absolute atomic E-state index is 0.0472. The van der Waals surface area contributed by atoms with Crippen LogP contribution in [0.1, 0.15) is 5.56 Å². The molecule has 3 nitrogen and oxygen atoms in total. The number of rotatable bonds is 1. The summed E-state index contributed by atoms with van der Waals surface area (Å²) in [5.74, 6) is 0.0472. The van der Waals surface area contributed by atoms with Crippen LogP contribution in [0, 0.1) is 0 Å². The first-order valence-electron chi connectivity index (χ1n) is 4.72. The monoisotopic (exact) mass is 239 g/mol. The van der Waals surface area contributed by atoms with Crippen molar-refractivity contribution in [2.45, 2.75) is 6.18 Å². The third kappa shape index (κ3) is 2.20. The molecule has 0 aliphatic rings. The van der Waals surface area contributed by atoms with Crippen LogP contribution in [0.2, 0.25) is 0 Å². The zero-order valence-electron chi connectivity index (χ0n) is 8.57. The number of hydrogen-bond donors (Lipinski definition) is 1. The van der Waals surface area contributed by atoms with Gasteiger partial charge in [0.15, 0.2) is 0 Å². The Morgan fingerprint density at radius 3 is 2.47 bits per heavy atom. The molecule has 0 aromatic carbocycles. The van der Waals surface area contributed by atoms with Gasteiger partial charge in [0.2, 0.25) is 0 Å². The second kappa shape index (κ2) is 4.04. The Hall–Kier alpha value is -2.11. The minimum Gasteiger partial charge on any atom is -0.383 e. The molecule has 2 aromatic heterocycles. The van der Waals surface area contributed by atoms with Crippen LogP contribution in [-0.4, -0.2) is 9.97 Å². The van der Waals surface area contributed by atoms with Gasteiger partial charge in [-0.3, -0.25) is 4.98 Å². The molecule has 6 heteroatoms. The summed E-state index contributed by atoms with van der Waals surface area (Å²) in [5.41, 5.74) is 4.95. The van der Waals surface area contributed by atoms with Crippen LogP contribution < -0.4 is 5.73 Å². The van der Waals surface area contributed by atoms with Gasteiger partial charge in [-0.15, -0.1) is 0 Å². The van der Waals surface area contributed by atoms with E-state index in [2.05, 4.69) is 9.97 Å². The number of alkyl halides is 3. The zero-order chi connectivity index (χ0) is 12.5. The largest absolute Gasteiger partial charge is 0.417 e. The van der Waals surface area contributed by atoms with Crippen molar-refractivity contribution >= 4 is 5.82 Å². The molecular weight excluding hydrogens is 231 g/mol. The first kappa shape index (κ1) is 11.4. The van der Waals surface area contributed by atoms with E-state index >= 15 is 0 Å². The fraction of sp³-hybridized carbons (Fsp3) is 0.0909. The van der Waals surface area contributed by atoms with E-state index < -0.39 is 11.7 Å². The fourth-order valence-electron chi connectivity index (χ4n) is 1.50. The van der Waals surface area contributed by atoms with E-state index in [1.165, 1.54) is 18.3 Å². The number of aromatic nitrogens is 2. The summed E-state index contributed by atoms with van der Waals surface area (Å²) in [6.45, 7) is 0. The van der Waals surface area contributed by atoms with Gasteiger partial charge in [-0.2, -0.15) is 13.2 Å². The summed E-state index contributed by atoms with van der Waals surface area (Å²) >= 11 is 0. The van der Waals surface area contributed by atoms with Crippen LogP contribution in [0.5, 0.6) is 0 Å². The molecule has 0 unspecified atom stereocenters. The lowest BCUT2D eigenvalue weighted by molar-refractivity contribution is -0.137. The zero-order valence-corrected chi connectivity index (χ0v) is 8.57. The van der Waals surface area contributed by atoms with Crippen molar-refractivity contribution in [1.82, 2.24) is 9.97 Å². The van der Waals surface area contributed by atoms with Crippen LogP contribution in [0.15, 0.2) is 36.8 Å². The summed E-state index contributed by atoms with van der Waals surface area (Å²) in [4.78, 5) is 7.45. The summed E-state index contributed by atoms with van der Waals surface area (Å²) in [5, 5.41) is 0. The van der Waals surface area contributed by atoms with Crippen molar-refractivity contribution in [1.29, 1.82) is 0 Å². The predicted octanol–water partition coefficient (Wildman–Crippen LogP) is 2.74. The van der Waals surface area contributed by atoms with Gasteiger partial charge in [-0.25, -0.2) is 4.98 Å². The molecule has 0 radical (unpaired) electrons. The molecule has 0 spiro atoms. The third-order valence-corrected chi connectivity index (χ3v) is 2.26. The molecule has 88 valence electrons. The Morgan fingerprint density at radius 2 is 1.82 bits per heavy atom. The Morgan fingerprint density at radius 1 is 1.06 bits per heavy atom. The maximum atomic E-state index is 12.8. The first-order chi connectivity index (χ1) is 8.00. The number of hydrogen-bond acceptors (Lipinski definition) is 3. The number of pyridine rings is 2. The summed E-state index contributed by atoms with van der Waals surface area (Å²) in [7, 11) is 0. The first-order valence-corrected chi connectivity index (χ1v) is 4.72. The van der Waals surface area contributed by atoms with Crippen molar-refractivity contribution in [2.24, 2.45) is 0 Å². The van der Waals surface area contributed by atoms with E-state index in [0.717, 1.165) is 18.5 Å². The standard InChI is InChI=1S/C11H8F3N3/c12-11(13,14)9-3-5-16-6-8(9)7-2-1-4-17-10(7)15/h1-6H,(H2,15,17). The topological polar surface area (TPSA) is 51.8 Å². The van der Waals surface area contributed by atoms with Gasteiger partial charge in [0.25, 0.3) is 0 Å². The molecule has 2 heterocycles. The molecule has 2 aromatic rings. The third-order valence-electron chi connectivity index (χ3n) is 2.26. The van der Waals surface area contributed by atoms with Gasteiger partial charge in [0, 0.05) is 29.7 Å². The highest BCUT2D eigenvalue weighted by atomic mass is 19.4. The van der Waals surface area contributed by atoms with Gasteiger partial charge in [-0.05, 0) is 18.2 Å². The van der Waals surface area contributed by atoms with Gasteiger partial charge < -0.3 is 5.73 Å². The molecule has 0 saturated heterocycles. The van der Waals surface area contributed by atoms with Gasteiger partial charge in [0.1, 0.15) is 5.82 Å². The SMILES string of the molecule is Nc1ncccc1-c1cnccc1C(F)(F)F. The number of nitrogen functional groups attached to an aromatic ring is 1. The molecule has 0 aliphatic carbocycles. The van der Waals surface area contributed by atoms with E-state index in [1.807, 2.05) is 0 Å². The smallest absolute Gasteiger partial charge is 0.383 e. The lowest BCUT2D eigenvalue weighted by Crippen LogP contribution is -2.08. The Kier molecular flexibility index (Phi) is 2.71. The molecule has 0 amide bonds. The second-order valence-corrected chi connectivity index (χ2v) is 3.36. The van der Waals surface area contributed by atoms with Gasteiger partial charge in [-0.1, -0.05) is 0 Å². The maximum Gasteiger partial charge on any atom is 0.417 e. The van der Waals surface area contributed by atoms with Crippen molar-refractivity contribution in [3.63, 3.8) is 0 Å². The van der Waals surface area contributed by atoms with Crippen LogP contribution in [0.3, 0.4) is 0 Å². The molecule has 0 saturated carbocycles. The molecule has 0 atom stereocenters. The highest BCUT2D eigenvalue weighted by Gasteiger charge is 2.34. The Balaban J connectivity index is 2.65. The van der Waals surface area contributed by atoms with Crippen LogP contribution in [-0.2, 0) is 6.18 Å². The quantitative estimate of drug-likeness (QED) is 0.832. The summed E-state index contributed by atoms with van der Waals surface area (Å²) in [6.07, 6.45) is -0.794. The molecule has 0 fully saturated rings. The Labute approximate surface area is 95.1 Å². The summed E-state index contributed by atoms with van der Waals surface area (Å²) in [6, 6.07) is 3.93. The van der Waals surface area contributed by atoms with Crippen LogP contribution >= 0.6 is 0 Å². The molecule has 2 N–H and O–H groups in total. The minimum atomic E-state index is -4.44. The van der Waals surface area contributed by atoms with Crippen LogP contribution in [0.25, 0.3) is 11.1 Å². The Bertz CT molecular complexity index is 537. The average Bonchev–Trinajstić information content (AvgIpc) is 2.28. The van der Waals surface area contributed by atoms with Crippen LogP contribution in [0.4, 0.5) is 19.0 Å². The number of nitrogens with zero attached hydrogens (tertiary/aromatic N) is 2. The fourth-order valence-corrected chi connectivity index (χ4v) is 1.50. The lowest BCUT2D eigenvalue weighted by atomic mass is 10.0. The van der Waals surface area contributed by atoms with Gasteiger partial charge >= 0.3 is 6.18 Å². The van der Waals surface area contributed by atoms with Crippen molar-refractivity contribution < 1.29 is 13.2 Å². The highest BCUT2D eigenvalue weighted by Crippen LogP contribution is 2.37. The number of anilines is 1. The number of halogens is 3. The van der Waals surface area contributed by atoms with E-state index in [4.69, 9.17) is 5.73 Å². The average molecular weight is 239 g/mol. The normalized spacial score (nSPS) is 11.5. The predicted molar refractivity (Wildman–Crippen MR) is 56.9 cm³/mol. The number of nitrogens with two attached hydrogens (primary N) is 1. The molecule has 0 aliphatic heterocycles. The van der Waals surface area contributed by atoms with Crippen molar-refractivity contribution in [3.05, 3.63) is 42.4 Å². The van der Waals surface area contributed by atoms with E-state index in [9.17, 15) is 13.2 Å². The summed E-state index contributed by atoms with van der Waals surface area (Å²) < 4.78 is 38.3. The van der Waals surface area contributed by atoms with E-state index in [-0.39, 0.29) is 16.9 Å².